The number of nitro benzene ring substituents is 1. The minimum Gasteiger partial charge on any atom is -0.504 e. The van der Waals surface area contributed by atoms with Gasteiger partial charge in [0.05, 0.1) is 25.2 Å². The van der Waals surface area contributed by atoms with E-state index in [2.05, 4.69) is 4.74 Å². The highest BCUT2D eigenvalue weighted by atomic mass is 16.6. The van der Waals surface area contributed by atoms with Crippen molar-refractivity contribution >= 4 is 11.7 Å². The van der Waals surface area contributed by atoms with Gasteiger partial charge in [-0.05, 0) is 0 Å². The lowest BCUT2D eigenvalue weighted by molar-refractivity contribution is -0.385. The third-order valence-electron chi connectivity index (χ3n) is 2.31. The summed E-state index contributed by atoms with van der Waals surface area (Å²) in [5, 5.41) is 20.5. The van der Waals surface area contributed by atoms with Gasteiger partial charge in [-0.3, -0.25) is 14.9 Å². The zero-order valence-corrected chi connectivity index (χ0v) is 9.75. The van der Waals surface area contributed by atoms with E-state index in [9.17, 15) is 20.0 Å². The van der Waals surface area contributed by atoms with E-state index in [0.717, 1.165) is 19.2 Å². The molecule has 0 fully saturated rings. The summed E-state index contributed by atoms with van der Waals surface area (Å²) in [5.41, 5.74) is 5.05. The van der Waals surface area contributed by atoms with Crippen LogP contribution in [0.1, 0.15) is 11.6 Å². The second-order valence-corrected chi connectivity index (χ2v) is 3.34. The molecule has 0 aliphatic rings. The van der Waals surface area contributed by atoms with Gasteiger partial charge in [0.15, 0.2) is 11.5 Å². The van der Waals surface area contributed by atoms with E-state index in [0.29, 0.717) is 0 Å². The smallest absolute Gasteiger partial charge is 0.327 e. The van der Waals surface area contributed by atoms with Gasteiger partial charge >= 0.3 is 5.97 Å². The number of phenolic OH excluding ortho intramolecular Hbond substituents is 1. The molecule has 98 valence electrons. The SMILES string of the molecule is COC(=O)[C@@H](N)c1cc([N+](=O)[O-])cc(OC)c1O. The standard InChI is InChI=1S/C10H12N2O6/c1-17-7-4-5(12(15)16)3-6(9(7)13)8(11)10(14)18-2/h3-4,8,13H,11H2,1-2H3/t8-/m0/s1. The zero-order valence-electron chi connectivity index (χ0n) is 9.75. The summed E-state index contributed by atoms with van der Waals surface area (Å²) in [4.78, 5) is 21.3. The molecule has 1 rings (SSSR count). The summed E-state index contributed by atoms with van der Waals surface area (Å²) in [6, 6.07) is 0.700. The number of methoxy groups -OCH3 is 2. The molecule has 0 bridgehead atoms. The van der Waals surface area contributed by atoms with Crippen molar-refractivity contribution in [2.24, 2.45) is 5.73 Å². The molecule has 18 heavy (non-hydrogen) atoms. The number of rotatable bonds is 4. The van der Waals surface area contributed by atoms with Crippen LogP contribution in [0.5, 0.6) is 11.5 Å². The highest BCUT2D eigenvalue weighted by Gasteiger charge is 2.25. The number of nitro groups is 1. The second kappa shape index (κ2) is 5.32. The van der Waals surface area contributed by atoms with E-state index >= 15 is 0 Å². The maximum Gasteiger partial charge on any atom is 0.327 e. The number of aromatic hydroxyl groups is 1. The average molecular weight is 256 g/mol. The first-order valence-corrected chi connectivity index (χ1v) is 4.81. The molecule has 0 aliphatic heterocycles. The van der Waals surface area contributed by atoms with Crippen LogP contribution in [0.3, 0.4) is 0 Å². The Kier molecular flexibility index (Phi) is 4.05. The Morgan fingerprint density at radius 2 is 2.11 bits per heavy atom. The Hall–Kier alpha value is -2.35. The van der Waals surface area contributed by atoms with Gasteiger partial charge in [-0.1, -0.05) is 0 Å². The van der Waals surface area contributed by atoms with Gasteiger partial charge in [-0.25, -0.2) is 0 Å². The first-order valence-electron chi connectivity index (χ1n) is 4.81. The van der Waals surface area contributed by atoms with Gasteiger partial charge < -0.3 is 20.3 Å². The molecule has 1 atom stereocenters. The van der Waals surface area contributed by atoms with Crippen LogP contribution in [-0.4, -0.2) is 30.2 Å². The van der Waals surface area contributed by atoms with Crippen molar-refractivity contribution < 1.29 is 24.3 Å². The van der Waals surface area contributed by atoms with Crippen molar-refractivity contribution in [1.29, 1.82) is 0 Å². The molecular weight excluding hydrogens is 244 g/mol. The van der Waals surface area contributed by atoms with Gasteiger partial charge in [-0.15, -0.1) is 0 Å². The lowest BCUT2D eigenvalue weighted by atomic mass is 10.0. The van der Waals surface area contributed by atoms with Crippen molar-refractivity contribution in [3.63, 3.8) is 0 Å². The van der Waals surface area contributed by atoms with Gasteiger partial charge in [0.1, 0.15) is 6.04 Å². The van der Waals surface area contributed by atoms with Crippen LogP contribution < -0.4 is 10.5 Å². The summed E-state index contributed by atoms with van der Waals surface area (Å²) in [5.74, 6) is -1.40. The fourth-order valence-electron chi connectivity index (χ4n) is 1.37. The van der Waals surface area contributed by atoms with E-state index in [-0.39, 0.29) is 17.0 Å². The molecule has 8 heteroatoms. The maximum atomic E-state index is 11.3. The number of hydrogen-bond acceptors (Lipinski definition) is 7. The second-order valence-electron chi connectivity index (χ2n) is 3.34. The monoisotopic (exact) mass is 256 g/mol. The molecule has 0 aromatic heterocycles. The third kappa shape index (κ3) is 2.48. The predicted octanol–water partition coefficient (Wildman–Crippen LogP) is 0.482. The number of esters is 1. The van der Waals surface area contributed by atoms with Gasteiger partial charge in [0.2, 0.25) is 0 Å². The Bertz CT molecular complexity index is 488. The van der Waals surface area contributed by atoms with E-state index in [1.165, 1.54) is 7.11 Å². The lowest BCUT2D eigenvalue weighted by Crippen LogP contribution is -2.22. The van der Waals surface area contributed by atoms with Crippen LogP contribution in [0.4, 0.5) is 5.69 Å². The van der Waals surface area contributed by atoms with E-state index in [4.69, 9.17) is 10.5 Å². The normalized spacial score (nSPS) is 11.7. The average Bonchev–Trinajstić information content (AvgIpc) is 2.36. The highest BCUT2D eigenvalue weighted by Crippen LogP contribution is 2.37. The van der Waals surface area contributed by atoms with Crippen molar-refractivity contribution in [3.8, 4) is 11.5 Å². The zero-order chi connectivity index (χ0) is 13.9. The molecule has 0 unspecified atom stereocenters. The largest absolute Gasteiger partial charge is 0.504 e. The molecule has 1 aromatic carbocycles. The number of non-ortho nitro benzene ring substituents is 1. The van der Waals surface area contributed by atoms with Crippen LogP contribution in [-0.2, 0) is 9.53 Å². The topological polar surface area (TPSA) is 125 Å². The van der Waals surface area contributed by atoms with Crippen LogP contribution in [0.2, 0.25) is 0 Å². The first kappa shape index (κ1) is 13.7. The number of carbonyl (C=O) groups is 1. The predicted molar refractivity (Wildman–Crippen MR) is 60.3 cm³/mol. The highest BCUT2D eigenvalue weighted by molar-refractivity contribution is 5.79. The number of carbonyl (C=O) groups excluding carboxylic acids is 1. The summed E-state index contributed by atoms with van der Waals surface area (Å²) >= 11 is 0. The van der Waals surface area contributed by atoms with Crippen LogP contribution in [0, 0.1) is 10.1 Å². The molecule has 0 saturated heterocycles. The quantitative estimate of drug-likeness (QED) is 0.456. The van der Waals surface area contributed by atoms with Gasteiger partial charge in [-0.2, -0.15) is 0 Å². The van der Waals surface area contributed by atoms with E-state index in [1.54, 1.807) is 0 Å². The summed E-state index contributed by atoms with van der Waals surface area (Å²) < 4.78 is 9.19. The molecule has 8 nitrogen and oxygen atoms in total. The number of benzene rings is 1. The minimum absolute atomic E-state index is 0.132. The summed E-state index contributed by atoms with van der Waals surface area (Å²) in [7, 11) is 2.35. The van der Waals surface area contributed by atoms with Gasteiger partial charge in [0.25, 0.3) is 5.69 Å². The summed E-state index contributed by atoms with van der Waals surface area (Å²) in [6.07, 6.45) is 0. The van der Waals surface area contributed by atoms with E-state index in [1.807, 2.05) is 0 Å². The number of ether oxygens (including phenoxy) is 2. The molecule has 1 aromatic rings. The Labute approximate surface area is 102 Å². The van der Waals surface area contributed by atoms with Crippen molar-refractivity contribution in [3.05, 3.63) is 27.8 Å². The molecule has 0 amide bonds. The number of phenols is 1. The van der Waals surface area contributed by atoms with Crippen LogP contribution in [0.15, 0.2) is 12.1 Å². The molecule has 0 aliphatic carbocycles. The Morgan fingerprint density at radius 3 is 2.56 bits per heavy atom. The molecule has 0 radical (unpaired) electrons. The maximum absolute atomic E-state index is 11.3. The van der Waals surface area contributed by atoms with Crippen LogP contribution in [0.25, 0.3) is 0 Å². The third-order valence-corrected chi connectivity index (χ3v) is 2.31. The Morgan fingerprint density at radius 1 is 1.50 bits per heavy atom. The number of nitrogens with two attached hydrogens (primary N) is 1. The fraction of sp³-hybridized carbons (Fsp3) is 0.300. The molecule has 3 N–H and O–H groups in total. The van der Waals surface area contributed by atoms with Crippen molar-refractivity contribution in [2.75, 3.05) is 14.2 Å². The number of hydrogen-bond donors (Lipinski definition) is 2. The van der Waals surface area contributed by atoms with Gasteiger partial charge in [0, 0.05) is 11.6 Å². The molecule has 0 spiro atoms. The Balaban J connectivity index is 3.37. The first-order chi connectivity index (χ1) is 8.42. The number of nitrogens with zero attached hydrogens (tertiary/aromatic N) is 1. The van der Waals surface area contributed by atoms with Crippen molar-refractivity contribution in [2.45, 2.75) is 6.04 Å². The van der Waals surface area contributed by atoms with Crippen molar-refractivity contribution in [1.82, 2.24) is 0 Å². The van der Waals surface area contributed by atoms with Crippen LogP contribution >= 0.6 is 0 Å². The van der Waals surface area contributed by atoms with E-state index < -0.39 is 22.7 Å². The molecule has 0 saturated carbocycles. The minimum atomic E-state index is -1.33. The lowest BCUT2D eigenvalue weighted by Gasteiger charge is -2.13. The summed E-state index contributed by atoms with van der Waals surface area (Å²) in [6.45, 7) is 0. The fourth-order valence-corrected chi connectivity index (χ4v) is 1.37. The molecule has 0 heterocycles. The molecular formula is C10H12N2O6.